The topological polar surface area (TPSA) is 35.5 Å². The first-order chi connectivity index (χ1) is 9.91. The van der Waals surface area contributed by atoms with Crippen LogP contribution >= 0.6 is 0 Å². The van der Waals surface area contributed by atoms with Crippen molar-refractivity contribution in [3.8, 4) is 0 Å². The van der Waals surface area contributed by atoms with Gasteiger partial charge in [0, 0.05) is 0 Å². The first-order valence-electron chi connectivity index (χ1n) is 6.80. The van der Waals surface area contributed by atoms with E-state index >= 15 is 0 Å². The second-order valence-corrected chi connectivity index (χ2v) is 4.60. The lowest BCUT2D eigenvalue weighted by Gasteiger charge is -2.25. The van der Waals surface area contributed by atoms with Crippen LogP contribution in [0, 0.1) is 0 Å². The molecule has 21 heavy (non-hydrogen) atoms. The van der Waals surface area contributed by atoms with Gasteiger partial charge >= 0.3 is 11.9 Å². The van der Waals surface area contributed by atoms with E-state index in [2.05, 4.69) is 0 Å². The molecule has 0 saturated carbocycles. The van der Waals surface area contributed by atoms with E-state index in [0.29, 0.717) is 11.3 Å². The Morgan fingerprint density at radius 3 is 2.48 bits per heavy atom. The number of esters is 1. The van der Waals surface area contributed by atoms with Crippen molar-refractivity contribution in [2.75, 3.05) is 0 Å². The molecule has 0 aliphatic carbocycles. The summed E-state index contributed by atoms with van der Waals surface area (Å²) < 4.78 is 37.9. The van der Waals surface area contributed by atoms with Crippen LogP contribution in [-0.4, -0.2) is 18.0 Å². The summed E-state index contributed by atoms with van der Waals surface area (Å²) in [5, 5.41) is 0. The van der Waals surface area contributed by atoms with Crippen molar-refractivity contribution in [3.05, 3.63) is 47.7 Å². The van der Waals surface area contributed by atoms with E-state index in [9.17, 15) is 13.6 Å². The zero-order valence-corrected chi connectivity index (χ0v) is 12.4. The summed E-state index contributed by atoms with van der Waals surface area (Å²) in [6, 6.07) is 8.68. The van der Waals surface area contributed by atoms with E-state index in [1.165, 1.54) is 6.92 Å². The number of hydrogen-bond acceptors (Lipinski definition) is 3. The van der Waals surface area contributed by atoms with Gasteiger partial charge in [-0.15, -0.1) is 0 Å². The lowest BCUT2D eigenvalue weighted by Crippen LogP contribution is -2.43. The van der Waals surface area contributed by atoms with E-state index in [4.69, 9.17) is 9.47 Å². The highest BCUT2D eigenvalue weighted by molar-refractivity contribution is 5.78. The molecule has 3 nitrogen and oxygen atoms in total. The van der Waals surface area contributed by atoms with Crippen molar-refractivity contribution < 1.29 is 23.0 Å². The number of benzene rings is 1. The van der Waals surface area contributed by atoms with Crippen LogP contribution in [0.2, 0.25) is 0 Å². The summed E-state index contributed by atoms with van der Waals surface area (Å²) in [6.45, 7) is 4.59. The first kappa shape index (κ1) is 17.1. The highest BCUT2D eigenvalue weighted by Crippen LogP contribution is 2.27. The molecular weight excluding hydrogens is 278 g/mol. The molecule has 0 saturated heterocycles. The Bertz CT molecular complexity index is 484. The summed E-state index contributed by atoms with van der Waals surface area (Å²) >= 11 is 0. The van der Waals surface area contributed by atoms with Gasteiger partial charge in [0.1, 0.15) is 6.61 Å². The minimum absolute atomic E-state index is 0.00137. The van der Waals surface area contributed by atoms with Crippen molar-refractivity contribution in [2.24, 2.45) is 0 Å². The van der Waals surface area contributed by atoms with E-state index in [0.717, 1.165) is 0 Å². The molecule has 1 aromatic rings. The Labute approximate surface area is 123 Å². The predicted molar refractivity (Wildman–Crippen MR) is 75.8 cm³/mol. The minimum atomic E-state index is -3.69. The fourth-order valence-corrected chi connectivity index (χ4v) is 1.66. The van der Waals surface area contributed by atoms with Gasteiger partial charge in [0.05, 0.1) is 5.76 Å². The van der Waals surface area contributed by atoms with Gasteiger partial charge in [-0.05, 0) is 31.9 Å². The van der Waals surface area contributed by atoms with Crippen molar-refractivity contribution in [1.29, 1.82) is 0 Å². The molecule has 0 heterocycles. The molecule has 0 aliphatic heterocycles. The third-order valence-corrected chi connectivity index (χ3v) is 2.99. The lowest BCUT2D eigenvalue weighted by atomic mass is 10.1. The van der Waals surface area contributed by atoms with E-state index in [-0.39, 0.29) is 13.0 Å². The average Bonchev–Trinajstić information content (AvgIpc) is 2.50. The fraction of sp³-hybridized carbons (Fsp3) is 0.438. The molecule has 1 atom stereocenters. The van der Waals surface area contributed by atoms with Gasteiger partial charge in [-0.1, -0.05) is 37.3 Å². The second kappa shape index (κ2) is 7.76. The number of ether oxygens (including phenoxy) is 2. The average molecular weight is 298 g/mol. The monoisotopic (exact) mass is 298 g/mol. The van der Waals surface area contributed by atoms with Crippen LogP contribution in [0.5, 0.6) is 0 Å². The van der Waals surface area contributed by atoms with Crippen LogP contribution in [0.4, 0.5) is 8.78 Å². The number of carbonyl (C=O) groups excluding carboxylic acids is 1. The van der Waals surface area contributed by atoms with Crippen LogP contribution in [0.15, 0.2) is 42.2 Å². The smallest absolute Gasteiger partial charge is 0.381 e. The van der Waals surface area contributed by atoms with Crippen molar-refractivity contribution in [1.82, 2.24) is 0 Å². The zero-order chi connectivity index (χ0) is 15.9. The molecule has 116 valence electrons. The molecule has 0 radical (unpaired) electrons. The van der Waals surface area contributed by atoms with Crippen molar-refractivity contribution in [3.63, 3.8) is 0 Å². The van der Waals surface area contributed by atoms with Crippen LogP contribution in [0.25, 0.3) is 0 Å². The number of carbonyl (C=O) groups is 1. The summed E-state index contributed by atoms with van der Waals surface area (Å²) in [7, 11) is 0. The molecule has 0 fully saturated rings. The molecule has 0 N–H and O–H groups in total. The molecule has 0 bridgehead atoms. The summed E-state index contributed by atoms with van der Waals surface area (Å²) in [5.74, 6) is -4.91. The molecule has 1 rings (SSSR count). The molecular formula is C16H20F2O3. The Kier molecular flexibility index (Phi) is 6.34. The van der Waals surface area contributed by atoms with Gasteiger partial charge in [-0.2, -0.15) is 8.78 Å². The van der Waals surface area contributed by atoms with Gasteiger partial charge < -0.3 is 9.47 Å². The molecule has 0 aromatic heterocycles. The third kappa shape index (κ3) is 4.85. The number of rotatable bonds is 7. The largest absolute Gasteiger partial charge is 0.488 e. The minimum Gasteiger partial charge on any atom is -0.488 e. The SMILES string of the molecule is CC=C(C)OC(CC)C(F)(F)C(=O)OCc1ccccc1. The predicted octanol–water partition coefficient (Wildman–Crippen LogP) is 4.08. The lowest BCUT2D eigenvalue weighted by molar-refractivity contribution is -0.192. The van der Waals surface area contributed by atoms with Gasteiger partial charge in [0.15, 0.2) is 6.10 Å². The van der Waals surface area contributed by atoms with Crippen LogP contribution in [0.3, 0.4) is 0 Å². The quantitative estimate of drug-likeness (QED) is 0.562. The summed E-state index contributed by atoms with van der Waals surface area (Å²) in [6.07, 6.45) is 0.0316. The number of halogens is 2. The maximum absolute atomic E-state index is 14.1. The summed E-state index contributed by atoms with van der Waals surface area (Å²) in [5.41, 5.74) is 0.653. The highest BCUT2D eigenvalue weighted by Gasteiger charge is 2.49. The van der Waals surface area contributed by atoms with E-state index in [1.807, 2.05) is 0 Å². The molecule has 1 unspecified atom stereocenters. The van der Waals surface area contributed by atoms with E-state index in [1.54, 1.807) is 50.3 Å². The Morgan fingerprint density at radius 1 is 1.33 bits per heavy atom. The molecule has 5 heteroatoms. The molecule has 1 aromatic carbocycles. The Morgan fingerprint density at radius 2 is 1.95 bits per heavy atom. The van der Waals surface area contributed by atoms with Gasteiger partial charge in [0.25, 0.3) is 0 Å². The van der Waals surface area contributed by atoms with Crippen LogP contribution < -0.4 is 0 Å². The Hall–Kier alpha value is -1.91. The fourth-order valence-electron chi connectivity index (χ4n) is 1.66. The highest BCUT2D eigenvalue weighted by atomic mass is 19.3. The Balaban J connectivity index is 2.68. The van der Waals surface area contributed by atoms with Gasteiger partial charge in [0.2, 0.25) is 0 Å². The van der Waals surface area contributed by atoms with Crippen molar-refractivity contribution in [2.45, 2.75) is 45.8 Å². The first-order valence-corrected chi connectivity index (χ1v) is 6.80. The van der Waals surface area contributed by atoms with Gasteiger partial charge in [-0.3, -0.25) is 0 Å². The molecule has 0 amide bonds. The third-order valence-electron chi connectivity index (χ3n) is 2.99. The van der Waals surface area contributed by atoms with Crippen LogP contribution in [-0.2, 0) is 20.9 Å². The maximum Gasteiger partial charge on any atom is 0.381 e. The zero-order valence-electron chi connectivity index (χ0n) is 12.4. The molecule has 0 spiro atoms. The maximum atomic E-state index is 14.1. The second-order valence-electron chi connectivity index (χ2n) is 4.60. The van der Waals surface area contributed by atoms with Crippen molar-refractivity contribution >= 4 is 5.97 Å². The summed E-state index contributed by atoms with van der Waals surface area (Å²) in [4.78, 5) is 11.6. The van der Waals surface area contributed by atoms with E-state index < -0.39 is 18.0 Å². The number of alkyl halides is 2. The number of hydrogen-bond donors (Lipinski definition) is 0. The van der Waals surface area contributed by atoms with Crippen LogP contribution in [0.1, 0.15) is 32.8 Å². The van der Waals surface area contributed by atoms with Gasteiger partial charge in [-0.25, -0.2) is 4.79 Å². The normalized spacial score (nSPS) is 13.7. The molecule has 0 aliphatic rings. The standard InChI is InChI=1S/C16H20F2O3/c1-4-12(3)21-14(5-2)16(17,18)15(19)20-11-13-9-7-6-8-10-13/h4,6-10,14H,5,11H2,1-3H3. The number of allylic oxidation sites excluding steroid dienone is 2.